The van der Waals surface area contributed by atoms with Crippen LogP contribution in [0.1, 0.15) is 34.7 Å². The minimum absolute atomic E-state index is 0.0109. The Morgan fingerprint density at radius 1 is 1.10 bits per heavy atom. The van der Waals surface area contributed by atoms with E-state index >= 15 is 0 Å². The molecule has 4 aromatic rings. The van der Waals surface area contributed by atoms with Crippen molar-refractivity contribution in [1.29, 1.82) is 0 Å². The monoisotopic (exact) mass is 579 g/mol. The summed E-state index contributed by atoms with van der Waals surface area (Å²) in [6, 6.07) is 20.7. The van der Waals surface area contributed by atoms with Crippen LogP contribution in [0.25, 0.3) is 5.69 Å². The third-order valence-electron chi connectivity index (χ3n) is 6.74. The number of nitrogens with zero attached hydrogens (tertiary/aromatic N) is 3. The number of pyridine rings is 1. The number of ether oxygens (including phenoxy) is 1. The van der Waals surface area contributed by atoms with Crippen molar-refractivity contribution in [3.05, 3.63) is 106 Å². The Bertz CT molecular complexity index is 1520. The van der Waals surface area contributed by atoms with E-state index in [1.54, 1.807) is 12.3 Å². The molecule has 2 atom stereocenters. The summed E-state index contributed by atoms with van der Waals surface area (Å²) in [5.74, 6) is -0.218. The maximum Gasteiger partial charge on any atom is 0.250 e. The molecule has 0 bridgehead atoms. The van der Waals surface area contributed by atoms with Crippen molar-refractivity contribution >= 4 is 57.8 Å². The Morgan fingerprint density at radius 2 is 1.87 bits per heavy atom. The first-order valence-corrected chi connectivity index (χ1v) is 13.5. The molecule has 1 amide bonds. The van der Waals surface area contributed by atoms with E-state index in [2.05, 4.69) is 45.0 Å². The topological polar surface area (TPSA) is 71.4 Å². The van der Waals surface area contributed by atoms with Crippen molar-refractivity contribution in [2.75, 3.05) is 23.9 Å². The molecular weight excluding hydrogens is 553 g/mol. The van der Waals surface area contributed by atoms with Crippen molar-refractivity contribution in [1.82, 2.24) is 14.9 Å². The minimum atomic E-state index is -0.218. The van der Waals surface area contributed by atoms with Crippen LogP contribution in [-0.4, -0.2) is 34.3 Å². The Balaban J connectivity index is 1.59. The molecular formula is C29H27Cl2N5O2S. The van der Waals surface area contributed by atoms with Gasteiger partial charge in [-0.3, -0.25) is 9.78 Å². The van der Waals surface area contributed by atoms with Crippen LogP contribution in [0, 0.1) is 13.8 Å². The third-order valence-corrected chi connectivity index (χ3v) is 7.59. The molecule has 1 saturated heterocycles. The van der Waals surface area contributed by atoms with E-state index in [1.165, 1.54) is 7.11 Å². The van der Waals surface area contributed by atoms with E-state index in [1.807, 2.05) is 54.6 Å². The van der Waals surface area contributed by atoms with Gasteiger partial charge in [0.2, 0.25) is 5.91 Å². The second-order valence-electron chi connectivity index (χ2n) is 9.28. The van der Waals surface area contributed by atoms with E-state index in [0.29, 0.717) is 20.8 Å². The van der Waals surface area contributed by atoms with Crippen LogP contribution >= 0.6 is 35.4 Å². The molecule has 1 aliphatic heterocycles. The number of carbonyl (C=O) groups is 1. The summed E-state index contributed by atoms with van der Waals surface area (Å²) in [6.45, 7) is 4.12. The molecule has 200 valence electrons. The lowest BCUT2D eigenvalue weighted by Gasteiger charge is -2.28. The smallest absolute Gasteiger partial charge is 0.250 e. The number of rotatable bonds is 7. The quantitative estimate of drug-likeness (QED) is 0.242. The molecule has 1 fully saturated rings. The predicted octanol–water partition coefficient (Wildman–Crippen LogP) is 6.56. The molecule has 7 nitrogen and oxygen atoms in total. The summed E-state index contributed by atoms with van der Waals surface area (Å²) >= 11 is 18.7. The number of carbonyl (C=O) groups excluding carboxylic acids is 1. The maximum atomic E-state index is 12.0. The fourth-order valence-electron chi connectivity index (χ4n) is 5.10. The van der Waals surface area contributed by atoms with Gasteiger partial charge in [-0.05, 0) is 92.3 Å². The molecule has 0 radical (unpaired) electrons. The number of aromatic nitrogens is 2. The van der Waals surface area contributed by atoms with Gasteiger partial charge in [0.15, 0.2) is 5.11 Å². The lowest BCUT2D eigenvalue weighted by Crippen LogP contribution is -2.29. The van der Waals surface area contributed by atoms with Crippen molar-refractivity contribution < 1.29 is 9.53 Å². The Morgan fingerprint density at radius 3 is 2.54 bits per heavy atom. The van der Waals surface area contributed by atoms with Crippen molar-refractivity contribution in [2.45, 2.75) is 25.9 Å². The molecule has 2 aromatic heterocycles. The van der Waals surface area contributed by atoms with E-state index in [-0.39, 0.29) is 24.6 Å². The number of anilines is 2. The zero-order valence-corrected chi connectivity index (χ0v) is 23.9. The lowest BCUT2D eigenvalue weighted by molar-refractivity contribution is -0.119. The number of methoxy groups -OCH3 is 1. The molecule has 1 aliphatic rings. The molecule has 0 unspecified atom stereocenters. The van der Waals surface area contributed by atoms with Crippen LogP contribution in [0.15, 0.2) is 72.9 Å². The summed E-state index contributed by atoms with van der Waals surface area (Å²) in [7, 11) is 1.49. The molecule has 0 spiro atoms. The van der Waals surface area contributed by atoms with Crippen molar-refractivity contribution in [3.63, 3.8) is 0 Å². The number of hydrogen-bond acceptors (Lipinski definition) is 4. The molecule has 3 heterocycles. The highest BCUT2D eigenvalue weighted by molar-refractivity contribution is 7.80. The highest BCUT2D eigenvalue weighted by Crippen LogP contribution is 2.44. The summed E-state index contributed by atoms with van der Waals surface area (Å²) in [4.78, 5) is 18.7. The van der Waals surface area contributed by atoms with Gasteiger partial charge in [0, 0.05) is 41.1 Å². The highest BCUT2D eigenvalue weighted by atomic mass is 35.5. The number of amides is 1. The van der Waals surface area contributed by atoms with Crippen LogP contribution in [0.4, 0.5) is 11.4 Å². The van der Waals surface area contributed by atoms with Gasteiger partial charge in [0.25, 0.3) is 0 Å². The lowest BCUT2D eigenvalue weighted by atomic mass is 9.96. The van der Waals surface area contributed by atoms with Gasteiger partial charge in [-0.2, -0.15) is 0 Å². The summed E-state index contributed by atoms with van der Waals surface area (Å²) in [5, 5.41) is 8.07. The largest absolute Gasteiger partial charge is 0.375 e. The number of halogens is 2. The highest BCUT2D eigenvalue weighted by Gasteiger charge is 2.42. The zero-order chi connectivity index (χ0) is 27.7. The number of thiocarbonyl (C=S) groups is 1. The zero-order valence-electron chi connectivity index (χ0n) is 21.6. The standard InChI is InChI=1S/C29H27Cl2N5O2S/c1-17-14-22(18(2)35(17)25-12-7-19(30)15-23(25)31)28-27(24-6-4-5-13-32-24)34-29(39)36(28)21-10-8-20(9-11-21)33-26(37)16-38-3/h4-15,27-28H,16H2,1-3H3,(H,33,37)(H,34,39)/t27-,28+/m1/s1. The average Bonchev–Trinajstić information content (AvgIpc) is 3.40. The van der Waals surface area contributed by atoms with Crippen LogP contribution in [0.5, 0.6) is 0 Å². The molecule has 2 N–H and O–H groups in total. The van der Waals surface area contributed by atoms with Gasteiger partial charge in [0.05, 0.1) is 28.5 Å². The normalized spacial score (nSPS) is 16.8. The molecule has 2 aromatic carbocycles. The molecule has 39 heavy (non-hydrogen) atoms. The van der Waals surface area contributed by atoms with E-state index in [0.717, 1.165) is 34.0 Å². The maximum absolute atomic E-state index is 12.0. The first-order valence-electron chi connectivity index (χ1n) is 12.3. The van der Waals surface area contributed by atoms with Crippen LogP contribution in [0.3, 0.4) is 0 Å². The fraction of sp³-hybridized carbons (Fsp3) is 0.207. The minimum Gasteiger partial charge on any atom is -0.375 e. The summed E-state index contributed by atoms with van der Waals surface area (Å²) < 4.78 is 7.05. The van der Waals surface area contributed by atoms with Crippen LogP contribution in [-0.2, 0) is 9.53 Å². The van der Waals surface area contributed by atoms with E-state index < -0.39 is 0 Å². The number of hydrogen-bond donors (Lipinski definition) is 2. The molecule has 0 aliphatic carbocycles. The van der Waals surface area contributed by atoms with Gasteiger partial charge < -0.3 is 24.8 Å². The van der Waals surface area contributed by atoms with E-state index in [9.17, 15) is 4.79 Å². The molecule has 0 saturated carbocycles. The van der Waals surface area contributed by atoms with Gasteiger partial charge in [-0.25, -0.2) is 0 Å². The molecule has 10 heteroatoms. The fourth-order valence-corrected chi connectivity index (χ4v) is 5.94. The predicted molar refractivity (Wildman–Crippen MR) is 160 cm³/mol. The second-order valence-corrected chi connectivity index (χ2v) is 10.5. The molecule has 5 rings (SSSR count). The Kier molecular flexibility index (Phi) is 7.91. The number of aryl methyl sites for hydroxylation is 1. The first-order chi connectivity index (χ1) is 18.8. The Labute approximate surface area is 242 Å². The van der Waals surface area contributed by atoms with Crippen LogP contribution < -0.4 is 15.5 Å². The number of benzene rings is 2. The number of nitrogens with one attached hydrogen (secondary N) is 2. The first kappa shape index (κ1) is 27.1. The van der Waals surface area contributed by atoms with Gasteiger partial charge >= 0.3 is 0 Å². The van der Waals surface area contributed by atoms with Crippen molar-refractivity contribution in [3.8, 4) is 5.69 Å². The summed E-state index contributed by atoms with van der Waals surface area (Å²) in [6.07, 6.45) is 1.79. The van der Waals surface area contributed by atoms with Crippen LogP contribution in [0.2, 0.25) is 10.0 Å². The summed E-state index contributed by atoms with van der Waals surface area (Å²) in [5.41, 5.74) is 6.43. The van der Waals surface area contributed by atoms with Gasteiger partial charge in [0.1, 0.15) is 6.61 Å². The van der Waals surface area contributed by atoms with Crippen molar-refractivity contribution in [2.24, 2.45) is 0 Å². The van der Waals surface area contributed by atoms with Gasteiger partial charge in [-0.15, -0.1) is 0 Å². The Hall–Kier alpha value is -3.43. The SMILES string of the molecule is COCC(=O)Nc1ccc(N2C(=S)N[C@H](c3ccccn3)[C@@H]2c2cc(C)n(-c3ccc(Cl)cc3Cl)c2C)cc1. The average molecular weight is 581 g/mol. The third kappa shape index (κ3) is 5.38. The van der Waals surface area contributed by atoms with Gasteiger partial charge in [-0.1, -0.05) is 29.3 Å². The van der Waals surface area contributed by atoms with E-state index in [4.69, 9.17) is 40.2 Å². The second kappa shape index (κ2) is 11.4.